The van der Waals surface area contributed by atoms with Crippen LogP contribution in [0, 0.1) is 0 Å². The molecule has 0 fully saturated rings. The highest BCUT2D eigenvalue weighted by molar-refractivity contribution is 5.94. The molecule has 0 amide bonds. The Morgan fingerprint density at radius 3 is 2.83 bits per heavy atom. The summed E-state index contributed by atoms with van der Waals surface area (Å²) in [5, 5.41) is 0. The van der Waals surface area contributed by atoms with Gasteiger partial charge in [0.05, 0.1) is 0 Å². The third-order valence-corrected chi connectivity index (χ3v) is 2.01. The molecule has 0 spiro atoms. The molecule has 1 heterocycles. The van der Waals surface area contributed by atoms with Gasteiger partial charge in [0, 0.05) is 12.5 Å². The fourth-order valence-corrected chi connectivity index (χ4v) is 1.26. The maximum absolute atomic E-state index is 5.72. The van der Waals surface area contributed by atoms with Gasteiger partial charge in [0.25, 0.3) is 0 Å². The lowest BCUT2D eigenvalue weighted by Gasteiger charge is -1.98. The minimum absolute atomic E-state index is 1.09. The Labute approximate surface area is 75.9 Å². The maximum atomic E-state index is 5.72. The first-order valence-corrected chi connectivity index (χ1v) is 4.59. The van der Waals surface area contributed by atoms with E-state index in [-0.39, 0.29) is 0 Å². The van der Waals surface area contributed by atoms with E-state index in [1.807, 2.05) is 18.3 Å². The zero-order chi connectivity index (χ0) is 8.81. The first-order valence-electron chi connectivity index (χ1n) is 4.59. The first kappa shape index (κ1) is 9.30. The summed E-state index contributed by atoms with van der Waals surface area (Å²) in [7, 11) is 5.72. The second-order valence-electron chi connectivity index (χ2n) is 3.06. The van der Waals surface area contributed by atoms with E-state index in [1.54, 1.807) is 4.48 Å². The number of pyridine rings is 1. The summed E-state index contributed by atoms with van der Waals surface area (Å²) in [6.45, 7) is 2.21. The van der Waals surface area contributed by atoms with Crippen LogP contribution in [0.3, 0.4) is 0 Å². The van der Waals surface area contributed by atoms with Crippen LogP contribution in [0.2, 0.25) is 0 Å². The highest BCUT2D eigenvalue weighted by Gasteiger charge is 2.02. The van der Waals surface area contributed by atoms with E-state index in [1.165, 1.54) is 25.0 Å². The quantitative estimate of drug-likeness (QED) is 0.465. The third kappa shape index (κ3) is 2.69. The highest BCUT2D eigenvalue weighted by Crippen LogP contribution is 2.00. The summed E-state index contributed by atoms with van der Waals surface area (Å²) in [6, 6.07) is 6.06. The van der Waals surface area contributed by atoms with Crippen molar-refractivity contribution in [3.8, 4) is 0 Å². The standard InChI is InChI=1S/C10H15BN/c1-2-3-4-7-10-8-5-6-9-12(10)11/h5-6,8-9H,2-4,7H2,1H3/q+1. The second kappa shape index (κ2) is 4.97. The van der Waals surface area contributed by atoms with E-state index < -0.39 is 0 Å². The van der Waals surface area contributed by atoms with E-state index in [2.05, 4.69) is 13.0 Å². The van der Waals surface area contributed by atoms with Crippen molar-refractivity contribution in [1.29, 1.82) is 0 Å². The molecule has 0 atom stereocenters. The molecule has 62 valence electrons. The van der Waals surface area contributed by atoms with Crippen molar-refractivity contribution in [2.24, 2.45) is 0 Å². The number of rotatable bonds is 4. The van der Waals surface area contributed by atoms with Crippen molar-refractivity contribution in [2.75, 3.05) is 0 Å². The molecule has 2 heteroatoms. The summed E-state index contributed by atoms with van der Waals surface area (Å²) < 4.78 is 1.70. The smallest absolute Gasteiger partial charge is 0.290 e. The molecule has 12 heavy (non-hydrogen) atoms. The van der Waals surface area contributed by atoms with Crippen molar-refractivity contribution in [3.05, 3.63) is 30.1 Å². The molecule has 1 aromatic heterocycles. The number of hydrogen-bond donors (Lipinski definition) is 0. The van der Waals surface area contributed by atoms with Gasteiger partial charge in [0.2, 0.25) is 0 Å². The van der Waals surface area contributed by atoms with Crippen LogP contribution in [0.15, 0.2) is 24.4 Å². The molecule has 2 radical (unpaired) electrons. The monoisotopic (exact) mass is 160 g/mol. The molecule has 1 rings (SSSR count). The van der Waals surface area contributed by atoms with Crippen molar-refractivity contribution in [2.45, 2.75) is 32.6 Å². The molecule has 1 nitrogen and oxygen atoms in total. The van der Waals surface area contributed by atoms with Crippen LogP contribution >= 0.6 is 0 Å². The number of nitrogens with zero attached hydrogens (tertiary/aromatic N) is 1. The van der Waals surface area contributed by atoms with Crippen LogP contribution < -0.4 is 4.48 Å². The lowest BCUT2D eigenvalue weighted by Crippen LogP contribution is -2.35. The zero-order valence-electron chi connectivity index (χ0n) is 7.66. The minimum Gasteiger partial charge on any atom is -0.290 e. The Morgan fingerprint density at radius 2 is 2.17 bits per heavy atom. The Morgan fingerprint density at radius 1 is 1.33 bits per heavy atom. The lowest BCUT2D eigenvalue weighted by atomic mass is 10.1. The van der Waals surface area contributed by atoms with E-state index >= 15 is 0 Å². The van der Waals surface area contributed by atoms with Crippen molar-refractivity contribution < 1.29 is 4.48 Å². The van der Waals surface area contributed by atoms with E-state index in [0.29, 0.717) is 0 Å². The van der Waals surface area contributed by atoms with Crippen LogP contribution in [0.1, 0.15) is 31.9 Å². The van der Waals surface area contributed by atoms with Gasteiger partial charge in [-0.1, -0.05) is 25.8 Å². The second-order valence-corrected chi connectivity index (χ2v) is 3.06. The Hall–Kier alpha value is -0.785. The third-order valence-electron chi connectivity index (χ3n) is 2.01. The average molecular weight is 160 g/mol. The normalized spacial score (nSPS) is 10.1. The molecule has 0 aromatic carbocycles. The van der Waals surface area contributed by atoms with Crippen LogP contribution in [0.5, 0.6) is 0 Å². The lowest BCUT2D eigenvalue weighted by molar-refractivity contribution is -0.531. The number of hydrogen-bond acceptors (Lipinski definition) is 0. The van der Waals surface area contributed by atoms with Crippen molar-refractivity contribution in [3.63, 3.8) is 0 Å². The summed E-state index contributed by atoms with van der Waals surface area (Å²) in [5.74, 6) is 0. The predicted molar refractivity (Wildman–Crippen MR) is 51.0 cm³/mol. The van der Waals surface area contributed by atoms with Crippen LogP contribution in [-0.2, 0) is 6.42 Å². The first-order chi connectivity index (χ1) is 5.84. The van der Waals surface area contributed by atoms with E-state index in [9.17, 15) is 0 Å². The summed E-state index contributed by atoms with van der Waals surface area (Å²) in [5.41, 5.74) is 1.21. The molecule has 0 unspecified atom stereocenters. The number of aromatic nitrogens is 1. The van der Waals surface area contributed by atoms with Gasteiger partial charge >= 0.3 is 7.98 Å². The molecule has 0 saturated carbocycles. The van der Waals surface area contributed by atoms with Gasteiger partial charge in [-0.05, 0) is 12.5 Å². The predicted octanol–water partition coefficient (Wildman–Crippen LogP) is 1.64. The molecule has 0 aliphatic carbocycles. The van der Waals surface area contributed by atoms with Gasteiger partial charge in [0.1, 0.15) is 6.20 Å². The fourth-order valence-electron chi connectivity index (χ4n) is 1.26. The molecule has 0 saturated heterocycles. The summed E-state index contributed by atoms with van der Waals surface area (Å²) in [4.78, 5) is 0. The van der Waals surface area contributed by atoms with Gasteiger partial charge in [-0.25, -0.2) is 0 Å². The zero-order valence-corrected chi connectivity index (χ0v) is 7.66. The molecular weight excluding hydrogens is 145 g/mol. The molecule has 0 N–H and O–H groups in total. The van der Waals surface area contributed by atoms with Crippen LogP contribution in [0.25, 0.3) is 0 Å². The minimum atomic E-state index is 1.09. The Balaban J connectivity index is 2.46. The highest BCUT2D eigenvalue weighted by atomic mass is 14.8. The van der Waals surface area contributed by atoms with Crippen LogP contribution in [0.4, 0.5) is 0 Å². The SMILES string of the molecule is [B][n+]1ccccc1CCCCC. The van der Waals surface area contributed by atoms with E-state index in [0.717, 1.165) is 6.42 Å². The van der Waals surface area contributed by atoms with E-state index in [4.69, 9.17) is 7.98 Å². The average Bonchev–Trinajstić information content (AvgIpc) is 2.09. The van der Waals surface area contributed by atoms with Crippen molar-refractivity contribution >= 4 is 7.98 Å². The largest absolute Gasteiger partial charge is 0.586 e. The van der Waals surface area contributed by atoms with Gasteiger partial charge in [-0.3, -0.25) is 4.48 Å². The molecular formula is C10H15BN+. The van der Waals surface area contributed by atoms with Crippen molar-refractivity contribution in [1.82, 2.24) is 0 Å². The number of unbranched alkanes of at least 4 members (excludes halogenated alkanes) is 2. The van der Waals surface area contributed by atoms with Gasteiger partial charge in [0.15, 0.2) is 5.69 Å². The molecule has 0 bridgehead atoms. The van der Waals surface area contributed by atoms with Gasteiger partial charge in [-0.2, -0.15) is 0 Å². The fraction of sp³-hybridized carbons (Fsp3) is 0.500. The topological polar surface area (TPSA) is 3.88 Å². The molecule has 0 aliphatic rings. The van der Waals surface area contributed by atoms with Gasteiger partial charge in [-0.15, -0.1) is 0 Å². The molecule has 1 aromatic rings. The maximum Gasteiger partial charge on any atom is 0.586 e. The van der Waals surface area contributed by atoms with Crippen LogP contribution in [-0.4, -0.2) is 7.98 Å². The Kier molecular flexibility index (Phi) is 3.85. The molecule has 0 aliphatic heterocycles. The van der Waals surface area contributed by atoms with Gasteiger partial charge < -0.3 is 0 Å². The Bertz CT molecular complexity index is 235. The number of aryl methyl sites for hydroxylation is 1. The summed E-state index contributed by atoms with van der Waals surface area (Å²) in [6.07, 6.45) is 6.76. The summed E-state index contributed by atoms with van der Waals surface area (Å²) >= 11 is 0.